The SMILES string of the molecule is CCNCc1cc(CC)nc(N2CCS(=O)(=O)CC2)c1. The van der Waals surface area contributed by atoms with Gasteiger partial charge in [0.05, 0.1) is 11.5 Å². The standard InChI is InChI=1S/C14H23N3O2S/c1-3-13-9-12(11-15-4-2)10-14(16-13)17-5-7-20(18,19)8-6-17/h9-10,15H,3-8,11H2,1-2H3. The lowest BCUT2D eigenvalue weighted by Gasteiger charge is -2.28. The van der Waals surface area contributed by atoms with E-state index >= 15 is 0 Å². The van der Waals surface area contributed by atoms with E-state index in [0.717, 1.165) is 31.0 Å². The molecule has 0 aromatic carbocycles. The third-order valence-electron chi connectivity index (χ3n) is 3.53. The molecule has 1 fully saturated rings. The van der Waals surface area contributed by atoms with Crippen molar-refractivity contribution in [3.63, 3.8) is 0 Å². The molecule has 0 bridgehead atoms. The van der Waals surface area contributed by atoms with Crippen LogP contribution in [0.2, 0.25) is 0 Å². The van der Waals surface area contributed by atoms with E-state index in [-0.39, 0.29) is 11.5 Å². The Morgan fingerprint density at radius 3 is 2.55 bits per heavy atom. The van der Waals surface area contributed by atoms with E-state index in [2.05, 4.69) is 41.2 Å². The van der Waals surface area contributed by atoms with Gasteiger partial charge in [-0.15, -0.1) is 0 Å². The molecule has 0 radical (unpaired) electrons. The van der Waals surface area contributed by atoms with Gasteiger partial charge in [-0.3, -0.25) is 0 Å². The Labute approximate surface area is 121 Å². The highest BCUT2D eigenvalue weighted by Gasteiger charge is 2.22. The Bertz CT molecular complexity index is 544. The van der Waals surface area contributed by atoms with Crippen LogP contribution in [0.25, 0.3) is 0 Å². The van der Waals surface area contributed by atoms with Crippen molar-refractivity contribution in [2.45, 2.75) is 26.8 Å². The van der Waals surface area contributed by atoms with Crippen LogP contribution in [0.3, 0.4) is 0 Å². The minimum absolute atomic E-state index is 0.230. The summed E-state index contributed by atoms with van der Waals surface area (Å²) in [6, 6.07) is 4.19. The van der Waals surface area contributed by atoms with E-state index < -0.39 is 9.84 Å². The molecule has 1 aliphatic heterocycles. The van der Waals surface area contributed by atoms with Gasteiger partial charge in [-0.25, -0.2) is 13.4 Å². The van der Waals surface area contributed by atoms with Gasteiger partial charge in [-0.05, 0) is 30.7 Å². The molecule has 112 valence electrons. The van der Waals surface area contributed by atoms with Crippen LogP contribution in [0.5, 0.6) is 0 Å². The van der Waals surface area contributed by atoms with Crippen molar-refractivity contribution in [2.75, 3.05) is 36.0 Å². The van der Waals surface area contributed by atoms with E-state index in [9.17, 15) is 8.42 Å². The van der Waals surface area contributed by atoms with Crippen molar-refractivity contribution in [1.82, 2.24) is 10.3 Å². The highest BCUT2D eigenvalue weighted by molar-refractivity contribution is 7.91. The summed E-state index contributed by atoms with van der Waals surface area (Å²) in [5.41, 5.74) is 2.27. The monoisotopic (exact) mass is 297 g/mol. The molecular formula is C14H23N3O2S. The molecule has 0 atom stereocenters. The number of anilines is 1. The predicted octanol–water partition coefficient (Wildman–Crippen LogP) is 0.988. The number of pyridine rings is 1. The van der Waals surface area contributed by atoms with Crippen molar-refractivity contribution in [3.8, 4) is 0 Å². The summed E-state index contributed by atoms with van der Waals surface area (Å²) < 4.78 is 23.0. The zero-order chi connectivity index (χ0) is 14.6. The number of nitrogens with zero attached hydrogens (tertiary/aromatic N) is 2. The maximum Gasteiger partial charge on any atom is 0.153 e. The number of aromatic nitrogens is 1. The summed E-state index contributed by atoms with van der Waals surface area (Å²) in [5, 5.41) is 3.32. The van der Waals surface area contributed by atoms with Gasteiger partial charge in [-0.2, -0.15) is 0 Å². The summed E-state index contributed by atoms with van der Waals surface area (Å²) >= 11 is 0. The van der Waals surface area contributed by atoms with Gasteiger partial charge in [0.1, 0.15) is 5.82 Å². The van der Waals surface area contributed by atoms with Crippen LogP contribution in [0.15, 0.2) is 12.1 Å². The number of sulfone groups is 1. The maximum atomic E-state index is 11.5. The molecule has 0 saturated carbocycles. The van der Waals surface area contributed by atoms with Crippen LogP contribution in [0.4, 0.5) is 5.82 Å². The van der Waals surface area contributed by atoms with Gasteiger partial charge < -0.3 is 10.2 Å². The molecule has 0 unspecified atom stereocenters. The van der Waals surface area contributed by atoms with Gasteiger partial charge in [0.2, 0.25) is 0 Å². The third-order valence-corrected chi connectivity index (χ3v) is 5.14. The van der Waals surface area contributed by atoms with Crippen molar-refractivity contribution in [3.05, 3.63) is 23.4 Å². The first-order chi connectivity index (χ1) is 9.54. The minimum atomic E-state index is -2.85. The number of aryl methyl sites for hydroxylation is 1. The first-order valence-corrected chi connectivity index (χ1v) is 9.02. The fourth-order valence-electron chi connectivity index (χ4n) is 2.29. The normalized spacial score (nSPS) is 18.2. The summed E-state index contributed by atoms with van der Waals surface area (Å²) in [5.74, 6) is 1.37. The maximum absolute atomic E-state index is 11.5. The van der Waals surface area contributed by atoms with Gasteiger partial charge in [0.15, 0.2) is 9.84 Å². The second-order valence-corrected chi connectivity index (χ2v) is 7.40. The Kier molecular flexibility index (Phi) is 4.99. The second-order valence-electron chi connectivity index (χ2n) is 5.10. The molecular weight excluding hydrogens is 274 g/mol. The van der Waals surface area contributed by atoms with Crippen LogP contribution in [0.1, 0.15) is 25.1 Å². The number of nitrogens with one attached hydrogen (secondary N) is 1. The van der Waals surface area contributed by atoms with Crippen LogP contribution < -0.4 is 10.2 Å². The predicted molar refractivity (Wildman–Crippen MR) is 81.9 cm³/mol. The first-order valence-electron chi connectivity index (χ1n) is 7.20. The lowest BCUT2D eigenvalue weighted by molar-refractivity contribution is 0.586. The molecule has 0 aliphatic carbocycles. The van der Waals surface area contributed by atoms with E-state index in [1.807, 2.05) is 0 Å². The van der Waals surface area contributed by atoms with Gasteiger partial charge >= 0.3 is 0 Å². The Morgan fingerprint density at radius 2 is 1.95 bits per heavy atom. The first kappa shape index (κ1) is 15.3. The molecule has 1 saturated heterocycles. The summed E-state index contributed by atoms with van der Waals surface area (Å²) in [7, 11) is -2.85. The van der Waals surface area contributed by atoms with E-state index in [1.165, 1.54) is 5.56 Å². The van der Waals surface area contributed by atoms with Crippen molar-refractivity contribution < 1.29 is 8.42 Å². The molecule has 5 nitrogen and oxygen atoms in total. The molecule has 1 aromatic heterocycles. The molecule has 1 aliphatic rings. The van der Waals surface area contributed by atoms with Crippen LogP contribution >= 0.6 is 0 Å². The van der Waals surface area contributed by atoms with Crippen molar-refractivity contribution >= 4 is 15.7 Å². The molecule has 2 heterocycles. The number of hydrogen-bond acceptors (Lipinski definition) is 5. The number of hydrogen-bond donors (Lipinski definition) is 1. The summed E-state index contributed by atoms with van der Waals surface area (Å²) in [6.45, 7) is 7.01. The molecule has 20 heavy (non-hydrogen) atoms. The highest BCUT2D eigenvalue weighted by Crippen LogP contribution is 2.18. The van der Waals surface area contributed by atoms with Gasteiger partial charge in [-0.1, -0.05) is 13.8 Å². The minimum Gasteiger partial charge on any atom is -0.355 e. The fourth-order valence-corrected chi connectivity index (χ4v) is 3.49. The zero-order valence-corrected chi connectivity index (χ0v) is 13.0. The lowest BCUT2D eigenvalue weighted by Crippen LogP contribution is -2.40. The van der Waals surface area contributed by atoms with E-state index in [1.54, 1.807) is 0 Å². The summed E-state index contributed by atoms with van der Waals surface area (Å²) in [6.07, 6.45) is 0.888. The third kappa shape index (κ3) is 3.93. The zero-order valence-electron chi connectivity index (χ0n) is 12.2. The Balaban J connectivity index is 2.18. The molecule has 1 aromatic rings. The number of rotatable bonds is 5. The fraction of sp³-hybridized carbons (Fsp3) is 0.643. The highest BCUT2D eigenvalue weighted by atomic mass is 32.2. The van der Waals surface area contributed by atoms with E-state index in [4.69, 9.17) is 0 Å². The van der Waals surface area contributed by atoms with Crippen LogP contribution in [0, 0.1) is 0 Å². The molecule has 1 N–H and O–H groups in total. The lowest BCUT2D eigenvalue weighted by atomic mass is 10.2. The topological polar surface area (TPSA) is 62.3 Å². The van der Waals surface area contributed by atoms with Crippen molar-refractivity contribution in [1.29, 1.82) is 0 Å². The average Bonchev–Trinajstić information content (AvgIpc) is 2.44. The van der Waals surface area contributed by atoms with Crippen molar-refractivity contribution in [2.24, 2.45) is 0 Å². The Morgan fingerprint density at radius 1 is 1.25 bits per heavy atom. The van der Waals surface area contributed by atoms with Gasteiger partial charge in [0.25, 0.3) is 0 Å². The van der Waals surface area contributed by atoms with Crippen LogP contribution in [-0.2, 0) is 22.8 Å². The smallest absolute Gasteiger partial charge is 0.153 e. The Hall–Kier alpha value is -1.14. The van der Waals surface area contributed by atoms with Crippen LogP contribution in [-0.4, -0.2) is 44.5 Å². The average molecular weight is 297 g/mol. The largest absolute Gasteiger partial charge is 0.355 e. The second kappa shape index (κ2) is 6.54. The molecule has 0 spiro atoms. The molecule has 0 amide bonds. The van der Waals surface area contributed by atoms with E-state index in [0.29, 0.717) is 13.1 Å². The van der Waals surface area contributed by atoms with Gasteiger partial charge in [0, 0.05) is 25.3 Å². The molecule has 2 rings (SSSR count). The quantitative estimate of drug-likeness (QED) is 0.878. The molecule has 6 heteroatoms. The summed E-state index contributed by atoms with van der Waals surface area (Å²) in [4.78, 5) is 6.71.